The van der Waals surface area contributed by atoms with Crippen LogP contribution in [0.4, 0.5) is 5.69 Å². The minimum atomic E-state index is -0.405. The summed E-state index contributed by atoms with van der Waals surface area (Å²) in [5, 5.41) is 15.6. The molecular formula is C15H14BrN3O2S2. The maximum absolute atomic E-state index is 10.6. The van der Waals surface area contributed by atoms with Gasteiger partial charge in [-0.25, -0.2) is 4.98 Å². The monoisotopic (exact) mass is 411 g/mol. The van der Waals surface area contributed by atoms with Gasteiger partial charge in [0.25, 0.3) is 5.69 Å². The molecule has 0 radical (unpaired) electrons. The van der Waals surface area contributed by atoms with Gasteiger partial charge in [-0.1, -0.05) is 18.2 Å². The van der Waals surface area contributed by atoms with Crippen LogP contribution in [0.3, 0.4) is 0 Å². The van der Waals surface area contributed by atoms with Crippen molar-refractivity contribution in [2.24, 2.45) is 5.73 Å². The number of rotatable bonds is 5. The molecule has 0 saturated heterocycles. The van der Waals surface area contributed by atoms with Gasteiger partial charge in [0, 0.05) is 17.5 Å². The number of thiazole rings is 1. The highest BCUT2D eigenvalue weighted by molar-refractivity contribution is 8.93. The standard InChI is InChI=1S/C15H13N3O2S2.BrH/c16-12(8-10-3-5-11(6-4-10)18(19)20)13-9-22-15(17-13)14-2-1-7-21-14;/h1-7,9,12H,8,16H2;1H. The minimum absolute atomic E-state index is 0. The van der Waals surface area contributed by atoms with Crippen molar-refractivity contribution in [3.63, 3.8) is 0 Å². The Morgan fingerprint density at radius 3 is 2.57 bits per heavy atom. The Morgan fingerprint density at radius 2 is 1.96 bits per heavy atom. The van der Waals surface area contributed by atoms with Crippen LogP contribution in [0.1, 0.15) is 17.3 Å². The highest BCUT2D eigenvalue weighted by atomic mass is 79.9. The molecule has 23 heavy (non-hydrogen) atoms. The second kappa shape index (κ2) is 7.78. The Kier molecular flexibility index (Phi) is 6.00. The zero-order valence-corrected chi connectivity index (χ0v) is 15.3. The summed E-state index contributed by atoms with van der Waals surface area (Å²) in [4.78, 5) is 16.0. The minimum Gasteiger partial charge on any atom is -0.322 e. The van der Waals surface area contributed by atoms with Gasteiger partial charge in [0.05, 0.1) is 21.5 Å². The third-order valence-corrected chi connectivity index (χ3v) is 5.14. The molecule has 3 aromatic rings. The fourth-order valence-electron chi connectivity index (χ4n) is 2.08. The van der Waals surface area contributed by atoms with Gasteiger partial charge in [0.15, 0.2) is 0 Å². The number of nitro groups is 1. The van der Waals surface area contributed by atoms with Crippen LogP contribution in [0.15, 0.2) is 47.2 Å². The van der Waals surface area contributed by atoms with Crippen molar-refractivity contribution in [1.82, 2.24) is 4.98 Å². The van der Waals surface area contributed by atoms with E-state index in [1.165, 1.54) is 12.1 Å². The van der Waals surface area contributed by atoms with Gasteiger partial charge in [0.2, 0.25) is 0 Å². The zero-order chi connectivity index (χ0) is 15.5. The van der Waals surface area contributed by atoms with E-state index in [-0.39, 0.29) is 28.7 Å². The number of halogens is 1. The molecule has 2 heterocycles. The molecule has 0 aliphatic carbocycles. The first-order valence-corrected chi connectivity index (χ1v) is 8.37. The van der Waals surface area contributed by atoms with Crippen molar-refractivity contribution in [2.75, 3.05) is 0 Å². The Morgan fingerprint density at radius 1 is 1.22 bits per heavy atom. The van der Waals surface area contributed by atoms with Gasteiger partial charge in [-0.3, -0.25) is 10.1 Å². The number of thiophene rings is 1. The van der Waals surface area contributed by atoms with E-state index in [0.29, 0.717) is 6.42 Å². The van der Waals surface area contributed by atoms with E-state index >= 15 is 0 Å². The summed E-state index contributed by atoms with van der Waals surface area (Å²) in [6.45, 7) is 0. The Labute approximate surface area is 151 Å². The van der Waals surface area contributed by atoms with Gasteiger partial charge in [-0.15, -0.1) is 39.7 Å². The van der Waals surface area contributed by atoms with Crippen molar-refractivity contribution in [3.05, 3.63) is 68.5 Å². The van der Waals surface area contributed by atoms with Crippen LogP contribution < -0.4 is 5.73 Å². The van der Waals surface area contributed by atoms with Crippen molar-refractivity contribution < 1.29 is 4.92 Å². The molecule has 5 nitrogen and oxygen atoms in total. The summed E-state index contributed by atoms with van der Waals surface area (Å²) >= 11 is 3.24. The molecule has 1 unspecified atom stereocenters. The van der Waals surface area contributed by atoms with Gasteiger partial charge < -0.3 is 5.73 Å². The number of nitrogens with two attached hydrogens (primary N) is 1. The summed E-state index contributed by atoms with van der Waals surface area (Å²) in [5.74, 6) is 0. The van der Waals surface area contributed by atoms with E-state index in [1.807, 2.05) is 22.9 Å². The zero-order valence-electron chi connectivity index (χ0n) is 11.9. The van der Waals surface area contributed by atoms with Crippen LogP contribution in [0.25, 0.3) is 9.88 Å². The Bertz CT molecular complexity index is 772. The molecule has 0 aliphatic rings. The van der Waals surface area contributed by atoms with Crippen molar-refractivity contribution >= 4 is 45.3 Å². The van der Waals surface area contributed by atoms with Crippen LogP contribution in [0, 0.1) is 10.1 Å². The highest BCUT2D eigenvalue weighted by Crippen LogP contribution is 2.30. The van der Waals surface area contributed by atoms with Crippen molar-refractivity contribution in [3.8, 4) is 9.88 Å². The van der Waals surface area contributed by atoms with Crippen LogP contribution in [-0.4, -0.2) is 9.91 Å². The quantitative estimate of drug-likeness (QED) is 0.491. The predicted octanol–water partition coefficient (Wildman–Crippen LogP) is 4.60. The van der Waals surface area contributed by atoms with Gasteiger partial charge in [0.1, 0.15) is 5.01 Å². The largest absolute Gasteiger partial charge is 0.322 e. The maximum atomic E-state index is 10.6. The number of benzene rings is 1. The lowest BCUT2D eigenvalue weighted by molar-refractivity contribution is -0.384. The molecule has 0 bridgehead atoms. The lowest BCUT2D eigenvalue weighted by Gasteiger charge is -2.08. The third kappa shape index (κ3) is 4.23. The van der Waals surface area contributed by atoms with Crippen LogP contribution >= 0.6 is 39.7 Å². The van der Waals surface area contributed by atoms with Crippen LogP contribution in [-0.2, 0) is 6.42 Å². The molecule has 1 aromatic carbocycles. The number of non-ortho nitro benzene ring substituents is 1. The molecule has 2 N–H and O–H groups in total. The fourth-order valence-corrected chi connectivity index (χ4v) is 3.78. The summed E-state index contributed by atoms with van der Waals surface area (Å²) in [6.07, 6.45) is 0.603. The molecule has 3 rings (SSSR count). The van der Waals surface area contributed by atoms with Gasteiger partial charge in [-0.05, 0) is 23.4 Å². The summed E-state index contributed by atoms with van der Waals surface area (Å²) in [6, 6.07) is 10.3. The summed E-state index contributed by atoms with van der Waals surface area (Å²) in [7, 11) is 0. The van der Waals surface area contributed by atoms with E-state index in [0.717, 1.165) is 21.1 Å². The Hall–Kier alpha value is -1.61. The van der Waals surface area contributed by atoms with Crippen molar-refractivity contribution in [1.29, 1.82) is 0 Å². The molecular weight excluding hydrogens is 398 g/mol. The predicted molar refractivity (Wildman–Crippen MR) is 99.5 cm³/mol. The molecule has 2 aromatic heterocycles. The fraction of sp³-hybridized carbons (Fsp3) is 0.133. The topological polar surface area (TPSA) is 82.0 Å². The normalized spacial score (nSPS) is 11.7. The maximum Gasteiger partial charge on any atom is 0.269 e. The molecule has 0 aliphatic heterocycles. The SMILES string of the molecule is Br.NC(Cc1ccc([N+](=O)[O-])cc1)c1csc(-c2cccs2)n1. The molecule has 8 heteroatoms. The Balaban J connectivity index is 0.00000192. The first-order chi connectivity index (χ1) is 10.6. The van der Waals surface area contributed by atoms with Crippen LogP contribution in [0.5, 0.6) is 0 Å². The molecule has 0 amide bonds. The molecule has 0 saturated carbocycles. The van der Waals surface area contributed by atoms with Gasteiger partial charge >= 0.3 is 0 Å². The average Bonchev–Trinajstić information content (AvgIpc) is 3.19. The lowest BCUT2D eigenvalue weighted by Crippen LogP contribution is -2.13. The second-order valence-corrected chi connectivity index (χ2v) is 6.59. The number of nitro benzene ring substituents is 1. The lowest BCUT2D eigenvalue weighted by atomic mass is 10.0. The first-order valence-electron chi connectivity index (χ1n) is 6.61. The van der Waals surface area contributed by atoms with Crippen LogP contribution in [0.2, 0.25) is 0 Å². The highest BCUT2D eigenvalue weighted by Gasteiger charge is 2.13. The molecule has 0 spiro atoms. The molecule has 120 valence electrons. The summed E-state index contributed by atoms with van der Waals surface area (Å²) < 4.78 is 0. The first kappa shape index (κ1) is 17.7. The second-order valence-electron chi connectivity index (χ2n) is 4.79. The number of hydrogen-bond donors (Lipinski definition) is 1. The number of aromatic nitrogens is 1. The van der Waals surface area contributed by atoms with Gasteiger partial charge in [-0.2, -0.15) is 0 Å². The summed E-state index contributed by atoms with van der Waals surface area (Å²) in [5.41, 5.74) is 8.11. The molecule has 0 fully saturated rings. The van der Waals surface area contributed by atoms with E-state index in [2.05, 4.69) is 4.98 Å². The van der Waals surface area contributed by atoms with E-state index in [9.17, 15) is 10.1 Å². The smallest absolute Gasteiger partial charge is 0.269 e. The average molecular weight is 412 g/mol. The number of hydrogen-bond acceptors (Lipinski definition) is 6. The number of nitrogens with zero attached hydrogens (tertiary/aromatic N) is 2. The molecule has 1 atom stereocenters. The van der Waals surface area contributed by atoms with E-state index < -0.39 is 4.92 Å². The van der Waals surface area contributed by atoms with Crippen molar-refractivity contribution in [2.45, 2.75) is 12.5 Å². The van der Waals surface area contributed by atoms with E-state index in [1.54, 1.807) is 34.8 Å². The van der Waals surface area contributed by atoms with E-state index in [4.69, 9.17) is 5.73 Å². The third-order valence-electron chi connectivity index (χ3n) is 3.24.